The third-order valence-corrected chi connectivity index (χ3v) is 5.71. The minimum Gasteiger partial charge on any atom is -0.387 e. The van der Waals surface area contributed by atoms with Crippen LogP contribution in [0.3, 0.4) is 0 Å². The molecule has 5 nitrogen and oxygen atoms in total. The summed E-state index contributed by atoms with van der Waals surface area (Å²) in [4.78, 5) is 2.02. The van der Waals surface area contributed by atoms with Crippen LogP contribution in [0.1, 0.15) is 34.6 Å². The first-order valence-corrected chi connectivity index (χ1v) is 7.95. The number of rotatable bonds is 7. The molecule has 18 heavy (non-hydrogen) atoms. The van der Waals surface area contributed by atoms with Gasteiger partial charge in [0.2, 0.25) is 0 Å². The minimum absolute atomic E-state index is 0.0395. The second kappa shape index (κ2) is 6.52. The largest absolute Gasteiger partial charge is 0.387 e. The second-order valence-corrected chi connectivity index (χ2v) is 8.54. The third kappa shape index (κ3) is 5.35. The fourth-order valence-electron chi connectivity index (χ4n) is 1.42. The normalized spacial score (nSPS) is 14.8. The van der Waals surface area contributed by atoms with Crippen LogP contribution in [0.25, 0.3) is 0 Å². The first-order chi connectivity index (χ1) is 8.01. The highest BCUT2D eigenvalue weighted by molar-refractivity contribution is 7.92. The molecule has 1 atom stereocenters. The highest BCUT2D eigenvalue weighted by atomic mass is 32.2. The van der Waals surface area contributed by atoms with Crippen molar-refractivity contribution in [1.29, 1.82) is 5.41 Å². The first kappa shape index (κ1) is 17.4. The molecule has 0 rings (SSSR count). The van der Waals surface area contributed by atoms with E-state index in [1.54, 1.807) is 20.8 Å². The zero-order valence-electron chi connectivity index (χ0n) is 12.2. The highest BCUT2D eigenvalue weighted by Gasteiger charge is 2.29. The van der Waals surface area contributed by atoms with Gasteiger partial charge in [-0.05, 0) is 27.3 Å². The lowest BCUT2D eigenvalue weighted by atomic mass is 10.1. The Morgan fingerprint density at radius 3 is 2.22 bits per heavy atom. The van der Waals surface area contributed by atoms with Crippen LogP contribution in [0.15, 0.2) is 0 Å². The van der Waals surface area contributed by atoms with E-state index in [-0.39, 0.29) is 17.5 Å². The van der Waals surface area contributed by atoms with Gasteiger partial charge >= 0.3 is 0 Å². The smallest absolute Gasteiger partial charge is 0.156 e. The van der Waals surface area contributed by atoms with Gasteiger partial charge in [-0.25, -0.2) is 8.42 Å². The monoisotopic (exact) mass is 277 g/mol. The van der Waals surface area contributed by atoms with Crippen LogP contribution in [-0.2, 0) is 9.84 Å². The van der Waals surface area contributed by atoms with E-state index in [0.717, 1.165) is 6.54 Å². The van der Waals surface area contributed by atoms with Crippen LogP contribution in [0.4, 0.5) is 0 Å². The molecule has 0 aliphatic heterocycles. The molecule has 3 N–H and O–H groups in total. The molecular weight excluding hydrogens is 250 g/mol. The lowest BCUT2D eigenvalue weighted by Crippen LogP contribution is -2.40. The molecule has 6 heteroatoms. The van der Waals surface area contributed by atoms with Gasteiger partial charge in [0.15, 0.2) is 9.84 Å². The number of nitrogens with two attached hydrogens (primary N) is 1. The fourth-order valence-corrected chi connectivity index (χ4v) is 2.53. The average molecular weight is 277 g/mol. The number of hydrogen-bond acceptors (Lipinski definition) is 4. The molecule has 0 bridgehead atoms. The van der Waals surface area contributed by atoms with E-state index in [2.05, 4.69) is 0 Å². The number of nitrogens with one attached hydrogen (secondary N) is 1. The number of nitrogens with zero attached hydrogens (tertiary/aromatic N) is 1. The summed E-state index contributed by atoms with van der Waals surface area (Å²) in [5.74, 6) is 0.254. The van der Waals surface area contributed by atoms with Gasteiger partial charge < -0.3 is 10.6 Å². The maximum Gasteiger partial charge on any atom is 0.156 e. The van der Waals surface area contributed by atoms with Gasteiger partial charge in [-0.15, -0.1) is 0 Å². The van der Waals surface area contributed by atoms with Gasteiger partial charge in [0, 0.05) is 19.0 Å². The van der Waals surface area contributed by atoms with Crippen LogP contribution in [0.5, 0.6) is 0 Å². The molecule has 0 spiro atoms. The van der Waals surface area contributed by atoms with E-state index in [9.17, 15) is 8.42 Å². The third-order valence-electron chi connectivity index (χ3n) is 3.12. The topological polar surface area (TPSA) is 87.2 Å². The summed E-state index contributed by atoms with van der Waals surface area (Å²) >= 11 is 0. The van der Waals surface area contributed by atoms with Crippen molar-refractivity contribution in [3.63, 3.8) is 0 Å². The van der Waals surface area contributed by atoms with Gasteiger partial charge in [0.25, 0.3) is 0 Å². The average Bonchev–Trinajstić information content (AvgIpc) is 2.21. The Kier molecular flexibility index (Phi) is 6.29. The lowest BCUT2D eigenvalue weighted by Gasteiger charge is -2.26. The number of sulfone groups is 1. The Bertz CT molecular complexity index is 371. The minimum atomic E-state index is -3.09. The predicted octanol–water partition coefficient (Wildman–Crippen LogP) is 1.09. The Balaban J connectivity index is 4.46. The van der Waals surface area contributed by atoms with Gasteiger partial charge in [-0.2, -0.15) is 0 Å². The van der Waals surface area contributed by atoms with Crippen LogP contribution >= 0.6 is 0 Å². The van der Waals surface area contributed by atoms with Crippen LogP contribution in [-0.4, -0.2) is 49.3 Å². The summed E-state index contributed by atoms with van der Waals surface area (Å²) in [7, 11) is -3.09. The molecule has 0 aromatic rings. The van der Waals surface area contributed by atoms with Crippen molar-refractivity contribution in [2.45, 2.75) is 39.4 Å². The Morgan fingerprint density at radius 1 is 1.39 bits per heavy atom. The predicted molar refractivity (Wildman–Crippen MR) is 76.7 cm³/mol. The van der Waals surface area contributed by atoms with Crippen molar-refractivity contribution in [3.8, 4) is 0 Å². The van der Waals surface area contributed by atoms with Crippen molar-refractivity contribution in [3.05, 3.63) is 0 Å². The zero-order chi connectivity index (χ0) is 14.6. The van der Waals surface area contributed by atoms with E-state index in [0.29, 0.717) is 13.1 Å². The summed E-state index contributed by atoms with van der Waals surface area (Å²) in [5, 5.41) is 7.36. The maximum absolute atomic E-state index is 12.0. The molecule has 0 aliphatic rings. The molecule has 0 radical (unpaired) electrons. The highest BCUT2D eigenvalue weighted by Crippen LogP contribution is 2.16. The van der Waals surface area contributed by atoms with Gasteiger partial charge in [0.05, 0.1) is 16.3 Å². The molecule has 0 aliphatic carbocycles. The molecule has 0 saturated carbocycles. The maximum atomic E-state index is 12.0. The van der Waals surface area contributed by atoms with E-state index in [4.69, 9.17) is 11.1 Å². The van der Waals surface area contributed by atoms with Gasteiger partial charge in [0.1, 0.15) is 0 Å². The fraction of sp³-hybridized carbons (Fsp3) is 0.917. The molecule has 108 valence electrons. The molecule has 0 aromatic heterocycles. The van der Waals surface area contributed by atoms with Gasteiger partial charge in [-0.3, -0.25) is 5.41 Å². The van der Waals surface area contributed by atoms with Crippen LogP contribution in [0.2, 0.25) is 0 Å². The van der Waals surface area contributed by atoms with Crippen LogP contribution in [0, 0.1) is 11.3 Å². The molecular formula is C12H27N3O2S. The first-order valence-electron chi connectivity index (χ1n) is 6.29. The molecule has 0 saturated heterocycles. The van der Waals surface area contributed by atoms with Crippen LogP contribution < -0.4 is 5.73 Å². The Labute approximate surface area is 111 Å². The molecule has 0 heterocycles. The number of hydrogen-bond donors (Lipinski definition) is 2. The quantitative estimate of drug-likeness (QED) is 0.539. The standard InChI is InChI=1S/C12H27N3O2S/c1-6-15(9-10(2)11(13)14)7-8-18(16,17)12(3,4)5/h10H,6-9H2,1-5H3,(H3,13,14). The summed E-state index contributed by atoms with van der Waals surface area (Å²) in [6.45, 7) is 10.9. The molecule has 0 amide bonds. The Morgan fingerprint density at radius 2 is 1.89 bits per heavy atom. The second-order valence-electron chi connectivity index (χ2n) is 5.68. The van der Waals surface area contributed by atoms with E-state index in [1.807, 2.05) is 18.7 Å². The van der Waals surface area contributed by atoms with Crippen molar-refractivity contribution >= 4 is 15.7 Å². The number of amidine groups is 1. The summed E-state index contributed by atoms with van der Waals surface area (Å²) in [6.07, 6.45) is 0. The molecule has 0 fully saturated rings. The van der Waals surface area contributed by atoms with E-state index < -0.39 is 14.6 Å². The SMILES string of the molecule is CCN(CCS(=O)(=O)C(C)(C)C)CC(C)C(=N)N. The summed E-state index contributed by atoms with van der Waals surface area (Å²) in [5.41, 5.74) is 5.43. The van der Waals surface area contributed by atoms with Crippen molar-refractivity contribution in [1.82, 2.24) is 4.90 Å². The molecule has 1 unspecified atom stereocenters. The van der Waals surface area contributed by atoms with Gasteiger partial charge in [-0.1, -0.05) is 13.8 Å². The summed E-state index contributed by atoms with van der Waals surface area (Å²) in [6, 6.07) is 0. The lowest BCUT2D eigenvalue weighted by molar-refractivity contribution is 0.286. The Hall–Kier alpha value is -0.620. The van der Waals surface area contributed by atoms with E-state index in [1.165, 1.54) is 0 Å². The van der Waals surface area contributed by atoms with Crippen molar-refractivity contribution in [2.75, 3.05) is 25.4 Å². The van der Waals surface area contributed by atoms with E-state index >= 15 is 0 Å². The van der Waals surface area contributed by atoms with Crippen molar-refractivity contribution < 1.29 is 8.42 Å². The molecule has 0 aromatic carbocycles. The van der Waals surface area contributed by atoms with Crippen molar-refractivity contribution in [2.24, 2.45) is 11.7 Å². The zero-order valence-corrected chi connectivity index (χ0v) is 13.0. The summed E-state index contributed by atoms with van der Waals surface area (Å²) < 4.78 is 23.3.